The molecular formula is C15H11F4NOS. The fourth-order valence-electron chi connectivity index (χ4n) is 1.71. The molecule has 0 saturated carbocycles. The van der Waals surface area contributed by atoms with Gasteiger partial charge in [0.25, 0.3) is 0 Å². The number of alkyl halides is 3. The quantitative estimate of drug-likeness (QED) is 0.657. The van der Waals surface area contributed by atoms with E-state index in [-0.39, 0.29) is 11.4 Å². The Morgan fingerprint density at radius 3 is 2.32 bits per heavy atom. The summed E-state index contributed by atoms with van der Waals surface area (Å²) in [5.74, 6) is -1.03. The molecule has 0 bridgehead atoms. The highest BCUT2D eigenvalue weighted by Gasteiger charge is 2.33. The zero-order chi connectivity index (χ0) is 16.2. The van der Waals surface area contributed by atoms with Gasteiger partial charge in [0, 0.05) is 4.90 Å². The van der Waals surface area contributed by atoms with Crippen molar-refractivity contribution in [1.82, 2.24) is 0 Å². The highest BCUT2D eigenvalue weighted by atomic mass is 32.2. The molecule has 0 aliphatic rings. The molecule has 116 valence electrons. The highest BCUT2D eigenvalue weighted by molar-refractivity contribution is 8.00. The van der Waals surface area contributed by atoms with E-state index in [1.54, 1.807) is 0 Å². The molecule has 2 aromatic carbocycles. The van der Waals surface area contributed by atoms with Crippen LogP contribution < -0.4 is 5.32 Å². The van der Waals surface area contributed by atoms with Gasteiger partial charge in [-0.15, -0.1) is 11.8 Å². The number of anilines is 1. The Bertz CT molecular complexity index is 655. The van der Waals surface area contributed by atoms with E-state index in [4.69, 9.17) is 0 Å². The Morgan fingerprint density at radius 2 is 1.68 bits per heavy atom. The van der Waals surface area contributed by atoms with Gasteiger partial charge in [0.1, 0.15) is 5.82 Å². The highest BCUT2D eigenvalue weighted by Crippen LogP contribution is 2.34. The molecule has 2 rings (SSSR count). The van der Waals surface area contributed by atoms with E-state index in [2.05, 4.69) is 5.32 Å². The normalized spacial score (nSPS) is 11.3. The molecule has 2 nitrogen and oxygen atoms in total. The molecule has 0 saturated heterocycles. The summed E-state index contributed by atoms with van der Waals surface area (Å²) >= 11 is 1.11. The van der Waals surface area contributed by atoms with Crippen molar-refractivity contribution in [2.75, 3.05) is 11.1 Å². The standard InChI is InChI=1S/C15H11F4NOS/c16-10-5-7-11(8-6-10)22-9-14(21)20-13-4-2-1-3-12(13)15(17,18)19/h1-8H,9H2,(H,20,21). The van der Waals surface area contributed by atoms with Crippen molar-refractivity contribution in [3.8, 4) is 0 Å². The summed E-state index contributed by atoms with van der Waals surface area (Å²) in [5.41, 5.74) is -1.17. The zero-order valence-electron chi connectivity index (χ0n) is 11.2. The van der Waals surface area contributed by atoms with E-state index in [1.807, 2.05) is 0 Å². The van der Waals surface area contributed by atoms with Crippen LogP contribution in [0.3, 0.4) is 0 Å². The topological polar surface area (TPSA) is 29.1 Å². The average molecular weight is 329 g/mol. The number of halogens is 4. The number of hydrogen-bond donors (Lipinski definition) is 1. The maximum atomic E-state index is 12.8. The van der Waals surface area contributed by atoms with Gasteiger partial charge in [0.05, 0.1) is 17.0 Å². The van der Waals surface area contributed by atoms with Gasteiger partial charge < -0.3 is 5.32 Å². The number of carbonyl (C=O) groups is 1. The largest absolute Gasteiger partial charge is 0.418 e. The molecule has 7 heteroatoms. The number of hydrogen-bond acceptors (Lipinski definition) is 2. The van der Waals surface area contributed by atoms with Crippen molar-refractivity contribution >= 4 is 23.4 Å². The van der Waals surface area contributed by atoms with Crippen LogP contribution in [-0.4, -0.2) is 11.7 Å². The van der Waals surface area contributed by atoms with Crippen LogP contribution in [0, 0.1) is 5.82 Å². The lowest BCUT2D eigenvalue weighted by molar-refractivity contribution is -0.137. The molecule has 22 heavy (non-hydrogen) atoms. The van der Waals surface area contributed by atoms with Crippen molar-refractivity contribution < 1.29 is 22.4 Å². The second-order valence-corrected chi connectivity index (χ2v) is 5.38. The van der Waals surface area contributed by atoms with E-state index in [1.165, 1.54) is 42.5 Å². The van der Waals surface area contributed by atoms with E-state index in [0.717, 1.165) is 17.8 Å². The zero-order valence-corrected chi connectivity index (χ0v) is 12.0. The first-order chi connectivity index (χ1) is 10.4. The second-order valence-electron chi connectivity index (χ2n) is 4.33. The lowest BCUT2D eigenvalue weighted by Gasteiger charge is -2.13. The minimum absolute atomic E-state index is 0.0716. The molecule has 0 unspecified atom stereocenters. The molecule has 0 aliphatic heterocycles. The summed E-state index contributed by atoms with van der Waals surface area (Å²) in [7, 11) is 0. The Hall–Kier alpha value is -2.02. The molecule has 1 amide bonds. The van der Waals surface area contributed by atoms with Gasteiger partial charge in [-0.2, -0.15) is 13.2 Å². The van der Waals surface area contributed by atoms with Gasteiger partial charge in [-0.3, -0.25) is 4.79 Å². The number of rotatable bonds is 4. The van der Waals surface area contributed by atoms with Crippen molar-refractivity contribution in [2.45, 2.75) is 11.1 Å². The van der Waals surface area contributed by atoms with Crippen LogP contribution >= 0.6 is 11.8 Å². The third kappa shape index (κ3) is 4.49. The Kier molecular flexibility index (Phi) is 5.07. The SMILES string of the molecule is O=C(CSc1ccc(F)cc1)Nc1ccccc1C(F)(F)F. The minimum Gasteiger partial charge on any atom is -0.325 e. The number of amides is 1. The van der Waals surface area contributed by atoms with Gasteiger partial charge in [-0.25, -0.2) is 4.39 Å². The van der Waals surface area contributed by atoms with Gasteiger partial charge in [-0.1, -0.05) is 12.1 Å². The molecule has 2 aromatic rings. The first-order valence-electron chi connectivity index (χ1n) is 6.21. The maximum Gasteiger partial charge on any atom is 0.418 e. The minimum atomic E-state index is -4.53. The predicted octanol–water partition coefficient (Wildman–Crippen LogP) is 4.58. The summed E-state index contributed by atoms with van der Waals surface area (Å²) in [5, 5.41) is 2.24. The molecule has 0 radical (unpaired) electrons. The summed E-state index contributed by atoms with van der Waals surface area (Å²) in [6.07, 6.45) is -4.53. The molecule has 0 spiro atoms. The fraction of sp³-hybridized carbons (Fsp3) is 0.133. The van der Waals surface area contributed by atoms with Crippen molar-refractivity contribution in [3.05, 3.63) is 59.9 Å². The number of thioether (sulfide) groups is 1. The number of carbonyl (C=O) groups excluding carboxylic acids is 1. The van der Waals surface area contributed by atoms with Crippen molar-refractivity contribution in [1.29, 1.82) is 0 Å². The lowest BCUT2D eigenvalue weighted by atomic mass is 10.1. The first kappa shape index (κ1) is 16.4. The third-order valence-electron chi connectivity index (χ3n) is 2.69. The van der Waals surface area contributed by atoms with Gasteiger partial charge >= 0.3 is 6.18 Å². The van der Waals surface area contributed by atoms with Gasteiger partial charge in [0.2, 0.25) is 5.91 Å². The molecule has 0 aliphatic carbocycles. The predicted molar refractivity (Wildman–Crippen MR) is 77.2 cm³/mol. The van der Waals surface area contributed by atoms with Crippen molar-refractivity contribution in [2.24, 2.45) is 0 Å². The molecule has 0 fully saturated rings. The van der Waals surface area contributed by atoms with E-state index in [0.29, 0.717) is 4.90 Å². The van der Waals surface area contributed by atoms with Crippen molar-refractivity contribution in [3.63, 3.8) is 0 Å². The molecule has 1 N–H and O–H groups in total. The number of para-hydroxylation sites is 1. The molecule has 0 atom stereocenters. The first-order valence-corrected chi connectivity index (χ1v) is 7.19. The molecular weight excluding hydrogens is 318 g/mol. The average Bonchev–Trinajstić information content (AvgIpc) is 2.46. The Morgan fingerprint density at radius 1 is 1.05 bits per heavy atom. The van der Waals surface area contributed by atoms with Crippen LogP contribution in [0.15, 0.2) is 53.4 Å². The lowest BCUT2D eigenvalue weighted by Crippen LogP contribution is -2.18. The van der Waals surface area contributed by atoms with E-state index < -0.39 is 23.5 Å². The summed E-state index contributed by atoms with van der Waals surface area (Å²) < 4.78 is 51.1. The summed E-state index contributed by atoms with van der Waals surface area (Å²) in [6, 6.07) is 10.3. The molecule has 0 heterocycles. The maximum absolute atomic E-state index is 12.8. The number of nitrogens with one attached hydrogen (secondary N) is 1. The monoisotopic (exact) mass is 329 g/mol. The smallest absolute Gasteiger partial charge is 0.325 e. The summed E-state index contributed by atoms with van der Waals surface area (Å²) in [6.45, 7) is 0. The van der Waals surface area contributed by atoms with Crippen LogP contribution in [0.5, 0.6) is 0 Å². The van der Waals surface area contributed by atoms with Gasteiger partial charge in [0.15, 0.2) is 0 Å². The number of benzene rings is 2. The third-order valence-corrected chi connectivity index (χ3v) is 3.70. The van der Waals surface area contributed by atoms with Crippen LogP contribution in [0.25, 0.3) is 0 Å². The fourth-order valence-corrected chi connectivity index (χ4v) is 2.40. The van der Waals surface area contributed by atoms with Crippen LogP contribution in [0.4, 0.5) is 23.2 Å². The van der Waals surface area contributed by atoms with Gasteiger partial charge in [-0.05, 0) is 36.4 Å². The summed E-state index contributed by atoms with van der Waals surface area (Å²) in [4.78, 5) is 12.4. The Balaban J connectivity index is 1.99. The van der Waals surface area contributed by atoms with Crippen LogP contribution in [-0.2, 0) is 11.0 Å². The van der Waals surface area contributed by atoms with Crippen LogP contribution in [0.2, 0.25) is 0 Å². The van der Waals surface area contributed by atoms with E-state index in [9.17, 15) is 22.4 Å². The second kappa shape index (κ2) is 6.83. The molecule has 0 aromatic heterocycles. The van der Waals surface area contributed by atoms with Crippen LogP contribution in [0.1, 0.15) is 5.56 Å². The van der Waals surface area contributed by atoms with E-state index >= 15 is 0 Å². The Labute approximate surface area is 128 Å².